The van der Waals surface area contributed by atoms with Crippen LogP contribution in [0.2, 0.25) is 0 Å². The second-order valence-electron chi connectivity index (χ2n) is 5.47. The zero-order valence-corrected chi connectivity index (χ0v) is 11.6. The number of hydrogen-bond donors (Lipinski definition) is 2. The molecule has 0 heterocycles. The molecule has 1 saturated carbocycles. The minimum Gasteiger partial charge on any atom is -0.508 e. The number of aromatic hydroxyl groups is 1. The molecule has 1 aromatic carbocycles. The van der Waals surface area contributed by atoms with E-state index in [1.165, 1.54) is 32.1 Å². The summed E-state index contributed by atoms with van der Waals surface area (Å²) in [5, 5.41) is 19.0. The van der Waals surface area contributed by atoms with Gasteiger partial charge in [-0.2, -0.15) is 0 Å². The molecule has 0 amide bonds. The maximum atomic E-state index is 9.91. The summed E-state index contributed by atoms with van der Waals surface area (Å²) >= 11 is 0. The highest BCUT2D eigenvalue weighted by atomic mass is 16.3. The molecule has 2 N–H and O–H groups in total. The average molecular weight is 263 g/mol. The number of rotatable bonds is 6. The SMILES string of the molecule is OCCCN(Cc1ccccc1O)C1CCCCC1. The van der Waals surface area contributed by atoms with Crippen molar-refractivity contribution in [1.29, 1.82) is 0 Å². The highest BCUT2D eigenvalue weighted by Gasteiger charge is 2.21. The molecule has 0 aliphatic heterocycles. The standard InChI is InChI=1S/C16H25NO2/c18-12-6-11-17(15-8-2-1-3-9-15)13-14-7-4-5-10-16(14)19/h4-5,7,10,15,18-19H,1-3,6,8-9,11-13H2. The van der Waals surface area contributed by atoms with Crippen molar-refractivity contribution in [2.75, 3.05) is 13.2 Å². The first-order valence-corrected chi connectivity index (χ1v) is 7.43. The van der Waals surface area contributed by atoms with Crippen molar-refractivity contribution < 1.29 is 10.2 Å². The van der Waals surface area contributed by atoms with Crippen molar-refractivity contribution in [3.05, 3.63) is 29.8 Å². The van der Waals surface area contributed by atoms with Crippen LogP contribution in [0.25, 0.3) is 0 Å². The predicted octanol–water partition coefficient (Wildman–Crippen LogP) is 2.91. The van der Waals surface area contributed by atoms with Crippen LogP contribution in [-0.4, -0.2) is 34.3 Å². The van der Waals surface area contributed by atoms with Gasteiger partial charge in [-0.05, 0) is 25.3 Å². The van der Waals surface area contributed by atoms with Crippen LogP contribution in [0.1, 0.15) is 44.1 Å². The molecule has 0 spiro atoms. The number of phenols is 1. The van der Waals surface area contributed by atoms with Gasteiger partial charge in [-0.15, -0.1) is 0 Å². The van der Waals surface area contributed by atoms with E-state index in [0.29, 0.717) is 11.8 Å². The number of hydrogen-bond acceptors (Lipinski definition) is 3. The van der Waals surface area contributed by atoms with Gasteiger partial charge in [-0.25, -0.2) is 0 Å². The van der Waals surface area contributed by atoms with Crippen LogP contribution in [0.3, 0.4) is 0 Å². The Labute approximate surface area is 115 Å². The van der Waals surface area contributed by atoms with Gasteiger partial charge in [-0.1, -0.05) is 37.5 Å². The molecule has 0 aromatic heterocycles. The Kier molecular flexibility index (Phi) is 5.67. The van der Waals surface area contributed by atoms with Crippen LogP contribution >= 0.6 is 0 Å². The van der Waals surface area contributed by atoms with Gasteiger partial charge < -0.3 is 10.2 Å². The highest BCUT2D eigenvalue weighted by Crippen LogP contribution is 2.26. The second kappa shape index (κ2) is 7.51. The minimum atomic E-state index is 0.240. The molecule has 1 aliphatic rings. The molecule has 0 bridgehead atoms. The molecule has 19 heavy (non-hydrogen) atoms. The third kappa shape index (κ3) is 4.22. The van der Waals surface area contributed by atoms with E-state index in [2.05, 4.69) is 4.90 Å². The van der Waals surface area contributed by atoms with E-state index in [1.54, 1.807) is 6.07 Å². The Balaban J connectivity index is 2.02. The summed E-state index contributed by atoms with van der Waals surface area (Å²) < 4.78 is 0. The van der Waals surface area contributed by atoms with Crippen LogP contribution in [0.5, 0.6) is 5.75 Å². The van der Waals surface area contributed by atoms with Crippen LogP contribution in [0, 0.1) is 0 Å². The van der Waals surface area contributed by atoms with Crippen molar-refractivity contribution in [3.8, 4) is 5.75 Å². The van der Waals surface area contributed by atoms with Gasteiger partial charge in [0.1, 0.15) is 5.75 Å². The summed E-state index contributed by atoms with van der Waals surface area (Å²) in [4.78, 5) is 2.43. The number of para-hydroxylation sites is 1. The molecule has 1 aromatic rings. The van der Waals surface area contributed by atoms with Gasteiger partial charge in [0.2, 0.25) is 0 Å². The van der Waals surface area contributed by atoms with Gasteiger partial charge in [0.05, 0.1) is 0 Å². The smallest absolute Gasteiger partial charge is 0.120 e. The lowest BCUT2D eigenvalue weighted by molar-refractivity contribution is 0.133. The number of nitrogens with zero attached hydrogens (tertiary/aromatic N) is 1. The van der Waals surface area contributed by atoms with Crippen LogP contribution < -0.4 is 0 Å². The van der Waals surface area contributed by atoms with Crippen molar-refractivity contribution in [2.45, 2.75) is 51.1 Å². The fourth-order valence-electron chi connectivity index (χ4n) is 2.97. The number of benzene rings is 1. The van der Waals surface area contributed by atoms with Crippen LogP contribution in [0.15, 0.2) is 24.3 Å². The average Bonchev–Trinajstić information content (AvgIpc) is 2.46. The maximum Gasteiger partial charge on any atom is 0.120 e. The van der Waals surface area contributed by atoms with Crippen molar-refractivity contribution in [1.82, 2.24) is 4.90 Å². The quantitative estimate of drug-likeness (QED) is 0.829. The Hall–Kier alpha value is -1.06. The van der Waals surface area contributed by atoms with Crippen molar-refractivity contribution in [2.24, 2.45) is 0 Å². The Morgan fingerprint density at radius 1 is 1.11 bits per heavy atom. The first-order valence-electron chi connectivity index (χ1n) is 7.43. The maximum absolute atomic E-state index is 9.91. The van der Waals surface area contributed by atoms with E-state index < -0.39 is 0 Å². The van der Waals surface area contributed by atoms with Gasteiger partial charge in [0.15, 0.2) is 0 Å². The summed E-state index contributed by atoms with van der Waals surface area (Å²) in [6.45, 7) is 1.94. The van der Waals surface area contributed by atoms with Gasteiger partial charge >= 0.3 is 0 Å². The molecule has 3 heteroatoms. The molecule has 2 rings (SSSR count). The van der Waals surface area contributed by atoms with E-state index >= 15 is 0 Å². The Morgan fingerprint density at radius 3 is 2.53 bits per heavy atom. The molecule has 1 fully saturated rings. The molecule has 0 unspecified atom stereocenters. The van der Waals surface area contributed by atoms with Gasteiger partial charge in [-0.3, -0.25) is 4.90 Å². The third-order valence-corrected chi connectivity index (χ3v) is 4.06. The first kappa shape index (κ1) is 14.4. The molecule has 3 nitrogen and oxygen atoms in total. The fourth-order valence-corrected chi connectivity index (χ4v) is 2.97. The lowest BCUT2D eigenvalue weighted by Crippen LogP contribution is -2.37. The van der Waals surface area contributed by atoms with Crippen molar-refractivity contribution in [3.63, 3.8) is 0 Å². The normalized spacial score (nSPS) is 16.9. The second-order valence-corrected chi connectivity index (χ2v) is 5.47. The largest absolute Gasteiger partial charge is 0.508 e. The van der Waals surface area contributed by atoms with Crippen LogP contribution in [0.4, 0.5) is 0 Å². The van der Waals surface area contributed by atoms with E-state index in [0.717, 1.165) is 25.1 Å². The molecule has 106 valence electrons. The van der Waals surface area contributed by atoms with Crippen LogP contribution in [-0.2, 0) is 6.54 Å². The summed E-state index contributed by atoms with van der Waals surface area (Å²) in [6, 6.07) is 8.18. The minimum absolute atomic E-state index is 0.240. The van der Waals surface area contributed by atoms with E-state index in [1.807, 2.05) is 18.2 Å². The van der Waals surface area contributed by atoms with Crippen molar-refractivity contribution >= 4 is 0 Å². The third-order valence-electron chi connectivity index (χ3n) is 4.06. The number of aliphatic hydroxyl groups excluding tert-OH is 1. The summed E-state index contributed by atoms with van der Waals surface area (Å²) in [5.74, 6) is 0.382. The van der Waals surface area contributed by atoms with E-state index in [-0.39, 0.29) is 6.61 Å². The molecule has 0 saturated heterocycles. The Morgan fingerprint density at radius 2 is 1.84 bits per heavy atom. The summed E-state index contributed by atoms with van der Waals surface area (Å²) in [7, 11) is 0. The lowest BCUT2D eigenvalue weighted by atomic mass is 9.93. The van der Waals surface area contributed by atoms with E-state index in [9.17, 15) is 5.11 Å². The monoisotopic (exact) mass is 263 g/mol. The zero-order chi connectivity index (χ0) is 13.5. The van der Waals surface area contributed by atoms with Gasteiger partial charge in [0.25, 0.3) is 0 Å². The summed E-state index contributed by atoms with van der Waals surface area (Å²) in [6.07, 6.45) is 7.27. The molecule has 1 aliphatic carbocycles. The lowest BCUT2D eigenvalue weighted by Gasteiger charge is -2.34. The number of aliphatic hydroxyl groups is 1. The Bertz CT molecular complexity index is 375. The van der Waals surface area contributed by atoms with E-state index in [4.69, 9.17) is 5.11 Å². The first-order chi connectivity index (χ1) is 9.31. The molecular formula is C16H25NO2. The predicted molar refractivity (Wildman–Crippen MR) is 77.1 cm³/mol. The summed E-state index contributed by atoms with van der Waals surface area (Å²) in [5.41, 5.74) is 0.992. The topological polar surface area (TPSA) is 43.7 Å². The number of phenolic OH excluding ortho intramolecular Hbond substituents is 1. The molecule has 0 radical (unpaired) electrons. The fraction of sp³-hybridized carbons (Fsp3) is 0.625. The highest BCUT2D eigenvalue weighted by molar-refractivity contribution is 5.31. The molecular weight excluding hydrogens is 238 g/mol. The van der Waals surface area contributed by atoms with Gasteiger partial charge in [0, 0.05) is 31.3 Å². The zero-order valence-electron chi connectivity index (χ0n) is 11.6. The molecule has 0 atom stereocenters.